The van der Waals surface area contributed by atoms with Crippen LogP contribution in [0.4, 0.5) is 0 Å². The van der Waals surface area contributed by atoms with Gasteiger partial charge in [0.05, 0.1) is 6.61 Å². The van der Waals surface area contributed by atoms with E-state index in [9.17, 15) is 0 Å². The molecule has 2 heteroatoms. The molecule has 20 heavy (non-hydrogen) atoms. The van der Waals surface area contributed by atoms with Gasteiger partial charge in [0.25, 0.3) is 0 Å². The van der Waals surface area contributed by atoms with Crippen molar-refractivity contribution in [3.63, 3.8) is 0 Å². The average Bonchev–Trinajstić information content (AvgIpc) is 2.48. The first kappa shape index (κ1) is 15.6. The topological polar surface area (TPSA) is 9.23 Å². The molecule has 0 N–H and O–H groups in total. The quantitative estimate of drug-likeness (QED) is 0.662. The second-order valence-corrected chi connectivity index (χ2v) is 6.15. The van der Waals surface area contributed by atoms with Crippen molar-refractivity contribution in [2.75, 3.05) is 13.2 Å². The molecule has 0 radical (unpaired) electrons. The minimum Gasteiger partial charge on any atom is -0.381 e. The Morgan fingerprint density at radius 3 is 2.65 bits per heavy atom. The zero-order valence-electron chi connectivity index (χ0n) is 12.6. The van der Waals surface area contributed by atoms with Gasteiger partial charge in [-0.3, -0.25) is 0 Å². The zero-order chi connectivity index (χ0) is 14.4. The van der Waals surface area contributed by atoms with Crippen molar-refractivity contribution in [3.8, 4) is 0 Å². The minimum absolute atomic E-state index is 0.0918. The molecule has 1 aliphatic rings. The van der Waals surface area contributed by atoms with Crippen molar-refractivity contribution in [3.05, 3.63) is 47.0 Å². The van der Waals surface area contributed by atoms with E-state index in [-0.39, 0.29) is 5.41 Å². The molecular weight excluding hydrogens is 268 g/mol. The third-order valence-electron chi connectivity index (χ3n) is 4.40. The van der Waals surface area contributed by atoms with E-state index < -0.39 is 0 Å². The maximum Gasteiger partial charge on any atom is 0.0505 e. The number of allylic oxidation sites excluding steroid dienone is 2. The lowest BCUT2D eigenvalue weighted by Gasteiger charge is -2.41. The molecule has 0 saturated carbocycles. The third-order valence-corrected chi connectivity index (χ3v) is 4.65. The van der Waals surface area contributed by atoms with Gasteiger partial charge in [0.15, 0.2) is 0 Å². The molecule has 1 aliphatic heterocycles. The maximum absolute atomic E-state index is 6.06. The molecule has 1 saturated heterocycles. The summed E-state index contributed by atoms with van der Waals surface area (Å²) in [5.41, 5.74) is 1.46. The summed E-state index contributed by atoms with van der Waals surface area (Å²) in [6.07, 6.45) is 9.32. The number of ether oxygens (including phenoxy) is 1. The summed E-state index contributed by atoms with van der Waals surface area (Å²) in [5.74, 6) is 0.563. The van der Waals surface area contributed by atoms with Crippen LogP contribution in [-0.2, 0) is 10.2 Å². The molecule has 2 rings (SSSR count). The van der Waals surface area contributed by atoms with Crippen LogP contribution in [0.3, 0.4) is 0 Å². The highest BCUT2D eigenvalue weighted by molar-refractivity contribution is 6.30. The van der Waals surface area contributed by atoms with Gasteiger partial charge in [0.2, 0.25) is 0 Å². The molecule has 0 aliphatic carbocycles. The fraction of sp³-hybridized carbons (Fsp3) is 0.556. The molecule has 0 spiro atoms. The number of benzene rings is 1. The van der Waals surface area contributed by atoms with Crippen LogP contribution in [0.1, 0.15) is 45.1 Å². The molecule has 1 fully saturated rings. The van der Waals surface area contributed by atoms with E-state index in [0.717, 1.165) is 24.7 Å². The summed E-state index contributed by atoms with van der Waals surface area (Å²) in [6.45, 7) is 6.16. The van der Waals surface area contributed by atoms with Crippen molar-refractivity contribution < 1.29 is 4.74 Å². The van der Waals surface area contributed by atoms with Gasteiger partial charge in [-0.15, -0.1) is 0 Å². The highest BCUT2D eigenvalue weighted by atomic mass is 35.5. The van der Waals surface area contributed by atoms with Crippen LogP contribution < -0.4 is 0 Å². The van der Waals surface area contributed by atoms with Crippen molar-refractivity contribution in [2.24, 2.45) is 5.92 Å². The van der Waals surface area contributed by atoms with Crippen LogP contribution in [0.15, 0.2) is 36.4 Å². The first-order chi connectivity index (χ1) is 9.73. The van der Waals surface area contributed by atoms with Gasteiger partial charge in [-0.05, 0) is 49.8 Å². The largest absolute Gasteiger partial charge is 0.381 e. The number of rotatable bonds is 5. The minimum atomic E-state index is 0.0918. The van der Waals surface area contributed by atoms with Crippen LogP contribution in [-0.4, -0.2) is 13.2 Å². The molecule has 110 valence electrons. The van der Waals surface area contributed by atoms with Gasteiger partial charge >= 0.3 is 0 Å². The third kappa shape index (κ3) is 3.27. The second kappa shape index (κ2) is 7.28. The Kier molecular flexibility index (Phi) is 5.68. The molecule has 2 unspecified atom stereocenters. The molecule has 2 atom stereocenters. The average molecular weight is 293 g/mol. The van der Waals surface area contributed by atoms with Crippen molar-refractivity contribution in [1.82, 2.24) is 0 Å². The predicted molar refractivity (Wildman–Crippen MR) is 86.4 cm³/mol. The normalized spacial score (nSPS) is 22.9. The fourth-order valence-electron chi connectivity index (χ4n) is 3.52. The van der Waals surface area contributed by atoms with Crippen LogP contribution >= 0.6 is 11.6 Å². The van der Waals surface area contributed by atoms with Gasteiger partial charge in [0, 0.05) is 17.0 Å². The van der Waals surface area contributed by atoms with Crippen LogP contribution in [0.5, 0.6) is 0 Å². The van der Waals surface area contributed by atoms with E-state index in [0.29, 0.717) is 5.92 Å². The van der Waals surface area contributed by atoms with Gasteiger partial charge in [0.1, 0.15) is 0 Å². The van der Waals surface area contributed by atoms with Gasteiger partial charge in [-0.1, -0.05) is 49.2 Å². The Bertz CT molecular complexity index is 431. The van der Waals surface area contributed by atoms with Gasteiger partial charge < -0.3 is 4.74 Å². The molecule has 0 amide bonds. The zero-order valence-corrected chi connectivity index (χ0v) is 13.3. The van der Waals surface area contributed by atoms with Gasteiger partial charge in [-0.25, -0.2) is 0 Å². The summed E-state index contributed by atoms with van der Waals surface area (Å²) in [6, 6.07) is 8.39. The first-order valence-corrected chi connectivity index (χ1v) is 8.08. The summed E-state index contributed by atoms with van der Waals surface area (Å²) in [4.78, 5) is 0. The van der Waals surface area contributed by atoms with E-state index in [1.807, 2.05) is 12.1 Å². The molecule has 1 aromatic carbocycles. The Hall–Kier alpha value is -0.790. The van der Waals surface area contributed by atoms with E-state index in [4.69, 9.17) is 16.3 Å². The Morgan fingerprint density at radius 2 is 2.10 bits per heavy atom. The summed E-state index contributed by atoms with van der Waals surface area (Å²) >= 11 is 6.06. The lowest BCUT2D eigenvalue weighted by atomic mass is 9.65. The molecule has 0 aromatic heterocycles. The van der Waals surface area contributed by atoms with Crippen LogP contribution in [0, 0.1) is 5.92 Å². The molecular formula is C18H25ClO. The van der Waals surface area contributed by atoms with Crippen molar-refractivity contribution >= 4 is 11.6 Å². The smallest absolute Gasteiger partial charge is 0.0505 e. The first-order valence-electron chi connectivity index (χ1n) is 7.70. The van der Waals surface area contributed by atoms with E-state index >= 15 is 0 Å². The van der Waals surface area contributed by atoms with Crippen LogP contribution in [0.25, 0.3) is 0 Å². The van der Waals surface area contributed by atoms with E-state index in [1.165, 1.54) is 24.8 Å². The molecule has 1 aromatic rings. The molecule has 1 nitrogen and oxygen atoms in total. The van der Waals surface area contributed by atoms with E-state index in [2.05, 4.69) is 38.1 Å². The lowest BCUT2D eigenvalue weighted by Crippen LogP contribution is -2.38. The maximum atomic E-state index is 6.06. The molecule has 1 heterocycles. The van der Waals surface area contributed by atoms with E-state index in [1.54, 1.807) is 0 Å². The summed E-state index contributed by atoms with van der Waals surface area (Å²) in [7, 11) is 0. The monoisotopic (exact) mass is 292 g/mol. The second-order valence-electron chi connectivity index (χ2n) is 5.71. The number of halogens is 1. The lowest BCUT2D eigenvalue weighted by molar-refractivity contribution is 0.0275. The fourth-order valence-corrected chi connectivity index (χ4v) is 3.64. The highest BCUT2D eigenvalue weighted by Crippen LogP contribution is 2.42. The van der Waals surface area contributed by atoms with Crippen molar-refractivity contribution in [1.29, 1.82) is 0 Å². The van der Waals surface area contributed by atoms with Crippen LogP contribution in [0.2, 0.25) is 5.02 Å². The summed E-state index contributed by atoms with van der Waals surface area (Å²) < 4.78 is 5.77. The number of hydrogen-bond donors (Lipinski definition) is 0. The van der Waals surface area contributed by atoms with Gasteiger partial charge in [-0.2, -0.15) is 0 Å². The van der Waals surface area contributed by atoms with Crippen molar-refractivity contribution in [2.45, 2.75) is 44.9 Å². The Morgan fingerprint density at radius 1 is 1.35 bits per heavy atom. The summed E-state index contributed by atoms with van der Waals surface area (Å²) in [5, 5.41) is 0.805. The predicted octanol–water partition coefficient (Wildman–Crippen LogP) is 5.38. The SMILES string of the molecule is CC=CC(CCC)(c1ccc(Cl)cc1)C1CCCOC1. The Balaban J connectivity index is 2.42. The number of hydrogen-bond acceptors (Lipinski definition) is 1. The standard InChI is InChI=1S/C18H25ClO/c1-3-11-18(12-4-2,16-6-5-13-20-14-16)15-7-9-17(19)10-8-15/h3,7-11,16H,4-6,12-14H2,1-2H3. The highest BCUT2D eigenvalue weighted by Gasteiger charge is 2.38. The molecule has 0 bridgehead atoms. The Labute approximate surface area is 128 Å².